The topological polar surface area (TPSA) is 112 Å². The Labute approximate surface area is 156 Å². The van der Waals surface area contributed by atoms with Crippen molar-refractivity contribution in [1.29, 1.82) is 0 Å². The minimum Gasteiger partial charge on any atom is -0.454 e. The molecule has 0 unspecified atom stereocenters. The highest BCUT2D eigenvalue weighted by atomic mass is 19.3. The smallest absolute Gasteiger partial charge is 0.387 e. The molecule has 0 saturated carbocycles. The van der Waals surface area contributed by atoms with E-state index in [1.165, 1.54) is 35.1 Å². The van der Waals surface area contributed by atoms with Crippen molar-refractivity contribution in [3.8, 4) is 5.75 Å². The molecule has 0 radical (unpaired) electrons. The van der Waals surface area contributed by atoms with Gasteiger partial charge in [0.1, 0.15) is 23.9 Å². The molecule has 9 nitrogen and oxygen atoms in total. The highest BCUT2D eigenvalue weighted by Gasteiger charge is 2.15. The Balaban J connectivity index is 1.66. The summed E-state index contributed by atoms with van der Waals surface area (Å²) in [7, 11) is 0. The van der Waals surface area contributed by atoms with Gasteiger partial charge >= 0.3 is 12.3 Å². The number of aromatic nitrogens is 2. The van der Waals surface area contributed by atoms with Crippen molar-refractivity contribution in [3.63, 3.8) is 0 Å². The molecule has 0 bridgehead atoms. The van der Waals surface area contributed by atoms with E-state index in [9.17, 15) is 23.7 Å². The number of nitrogens with one attached hydrogen (secondary N) is 1. The van der Waals surface area contributed by atoms with Gasteiger partial charge in [-0.2, -0.15) is 13.9 Å². The van der Waals surface area contributed by atoms with Crippen LogP contribution in [0, 0.1) is 17.0 Å². The summed E-state index contributed by atoms with van der Waals surface area (Å²) < 4.78 is 35.5. The Hall–Kier alpha value is -3.76. The Morgan fingerprint density at radius 1 is 1.39 bits per heavy atom. The van der Waals surface area contributed by atoms with Crippen molar-refractivity contribution in [2.45, 2.75) is 20.1 Å². The van der Waals surface area contributed by atoms with Gasteiger partial charge in [0.15, 0.2) is 5.76 Å². The molecular weight excluding hydrogens is 378 g/mol. The molecule has 0 saturated heterocycles. The van der Waals surface area contributed by atoms with Crippen molar-refractivity contribution in [1.82, 2.24) is 9.78 Å². The Bertz CT molecular complexity index is 1010. The molecule has 0 aliphatic carbocycles. The number of hydrogen-bond donors (Lipinski definition) is 1. The fraction of sp³-hybridized carbons (Fsp3) is 0.176. The summed E-state index contributed by atoms with van der Waals surface area (Å²) in [6.07, 6.45) is 2.36. The van der Waals surface area contributed by atoms with Crippen LogP contribution in [0.15, 0.2) is 47.1 Å². The lowest BCUT2D eigenvalue weighted by atomic mass is 10.2. The predicted molar refractivity (Wildman–Crippen MR) is 92.5 cm³/mol. The second-order valence-corrected chi connectivity index (χ2v) is 5.73. The molecule has 28 heavy (non-hydrogen) atoms. The molecule has 0 atom stereocenters. The molecule has 0 spiro atoms. The summed E-state index contributed by atoms with van der Waals surface area (Å²) in [4.78, 5) is 22.4. The Kier molecular flexibility index (Phi) is 5.34. The maximum absolute atomic E-state index is 12.3. The standard InChI is InChI=1S/C17H14F2N4O5/c1-10-6-12(28-17(18)19)2-4-14(10)21-16(24)15-5-3-13(27-15)9-22-8-11(7-20-22)23(25)26/h2-8,17H,9H2,1H3,(H,21,24). The molecule has 2 aromatic heterocycles. The third kappa shape index (κ3) is 4.50. The molecule has 3 rings (SSSR count). The number of carbonyl (C=O) groups is 1. The quantitative estimate of drug-likeness (QED) is 0.486. The molecule has 2 heterocycles. The highest BCUT2D eigenvalue weighted by Crippen LogP contribution is 2.23. The van der Waals surface area contributed by atoms with E-state index in [0.717, 1.165) is 6.20 Å². The molecule has 0 aliphatic heterocycles. The molecule has 1 amide bonds. The largest absolute Gasteiger partial charge is 0.454 e. The maximum Gasteiger partial charge on any atom is 0.387 e. The number of benzene rings is 1. The first-order valence-electron chi connectivity index (χ1n) is 7.94. The number of hydrogen-bond acceptors (Lipinski definition) is 6. The van der Waals surface area contributed by atoms with Gasteiger partial charge in [-0.15, -0.1) is 0 Å². The van der Waals surface area contributed by atoms with Gasteiger partial charge in [0, 0.05) is 5.69 Å². The number of carbonyl (C=O) groups excluding carboxylic acids is 1. The van der Waals surface area contributed by atoms with E-state index < -0.39 is 17.4 Å². The summed E-state index contributed by atoms with van der Waals surface area (Å²) in [6, 6.07) is 7.13. The van der Waals surface area contributed by atoms with Crippen LogP contribution in [0.4, 0.5) is 20.2 Å². The van der Waals surface area contributed by atoms with Gasteiger partial charge in [-0.3, -0.25) is 19.6 Å². The lowest BCUT2D eigenvalue weighted by molar-refractivity contribution is -0.385. The first kappa shape index (κ1) is 19.0. The minimum absolute atomic E-state index is 0.0147. The minimum atomic E-state index is -2.93. The Morgan fingerprint density at radius 3 is 2.82 bits per heavy atom. The first-order chi connectivity index (χ1) is 13.3. The zero-order valence-electron chi connectivity index (χ0n) is 14.5. The number of aryl methyl sites for hydroxylation is 1. The lowest BCUT2D eigenvalue weighted by Gasteiger charge is -2.10. The number of ether oxygens (including phenoxy) is 1. The SMILES string of the molecule is Cc1cc(OC(F)F)ccc1NC(=O)c1ccc(Cn2cc([N+](=O)[O-])cn2)o1. The van der Waals surface area contributed by atoms with Gasteiger partial charge < -0.3 is 14.5 Å². The molecule has 146 valence electrons. The van der Waals surface area contributed by atoms with Crippen LogP contribution in [0.25, 0.3) is 0 Å². The molecule has 3 aromatic rings. The van der Waals surface area contributed by atoms with E-state index in [4.69, 9.17) is 4.42 Å². The van der Waals surface area contributed by atoms with Crippen LogP contribution >= 0.6 is 0 Å². The van der Waals surface area contributed by atoms with E-state index in [1.807, 2.05) is 0 Å². The summed E-state index contributed by atoms with van der Waals surface area (Å²) in [5, 5.41) is 17.1. The van der Waals surface area contributed by atoms with E-state index in [2.05, 4.69) is 15.2 Å². The van der Waals surface area contributed by atoms with Crippen LogP contribution in [-0.2, 0) is 6.54 Å². The second-order valence-electron chi connectivity index (χ2n) is 5.73. The number of furan rings is 1. The lowest BCUT2D eigenvalue weighted by Crippen LogP contribution is -2.12. The monoisotopic (exact) mass is 392 g/mol. The van der Waals surface area contributed by atoms with Crippen molar-refractivity contribution in [2.75, 3.05) is 5.32 Å². The van der Waals surface area contributed by atoms with Gasteiger partial charge in [-0.1, -0.05) is 0 Å². The fourth-order valence-electron chi connectivity index (χ4n) is 2.41. The maximum atomic E-state index is 12.3. The van der Waals surface area contributed by atoms with Crippen LogP contribution in [0.5, 0.6) is 5.75 Å². The zero-order chi connectivity index (χ0) is 20.3. The van der Waals surface area contributed by atoms with E-state index >= 15 is 0 Å². The summed E-state index contributed by atoms with van der Waals surface area (Å²) in [5.74, 6) is -0.160. The van der Waals surface area contributed by atoms with Crippen LogP contribution in [0.3, 0.4) is 0 Å². The predicted octanol–water partition coefficient (Wildman–Crippen LogP) is 3.59. The normalized spacial score (nSPS) is 10.9. The van der Waals surface area contributed by atoms with Crippen molar-refractivity contribution >= 4 is 17.3 Å². The van der Waals surface area contributed by atoms with Crippen LogP contribution in [0.2, 0.25) is 0 Å². The van der Waals surface area contributed by atoms with Gasteiger partial charge in [-0.05, 0) is 42.8 Å². The zero-order valence-corrected chi connectivity index (χ0v) is 14.5. The van der Waals surface area contributed by atoms with E-state index in [0.29, 0.717) is 17.0 Å². The number of rotatable bonds is 7. The third-order valence-electron chi connectivity index (χ3n) is 3.70. The van der Waals surface area contributed by atoms with Crippen molar-refractivity contribution in [2.24, 2.45) is 0 Å². The number of anilines is 1. The van der Waals surface area contributed by atoms with Crippen molar-refractivity contribution in [3.05, 3.63) is 69.9 Å². The van der Waals surface area contributed by atoms with Crippen LogP contribution < -0.4 is 10.1 Å². The number of amides is 1. The average Bonchev–Trinajstić information content (AvgIpc) is 3.27. The number of halogens is 2. The van der Waals surface area contributed by atoms with Gasteiger partial charge in [-0.25, -0.2) is 0 Å². The van der Waals surface area contributed by atoms with E-state index in [-0.39, 0.29) is 23.7 Å². The molecular formula is C17H14F2N4O5. The van der Waals surface area contributed by atoms with Gasteiger partial charge in [0.05, 0.1) is 11.5 Å². The molecule has 11 heteroatoms. The third-order valence-corrected chi connectivity index (χ3v) is 3.70. The highest BCUT2D eigenvalue weighted by molar-refractivity contribution is 6.02. The number of alkyl halides is 2. The second kappa shape index (κ2) is 7.86. The van der Waals surface area contributed by atoms with E-state index in [1.54, 1.807) is 13.0 Å². The van der Waals surface area contributed by atoms with Crippen LogP contribution in [-0.4, -0.2) is 27.2 Å². The summed E-state index contributed by atoms with van der Waals surface area (Å²) in [6.45, 7) is -1.19. The molecule has 0 aliphatic rings. The van der Waals surface area contributed by atoms with Gasteiger partial charge in [0.25, 0.3) is 5.91 Å². The molecule has 0 fully saturated rings. The van der Waals surface area contributed by atoms with Gasteiger partial charge in [0.2, 0.25) is 0 Å². The first-order valence-corrected chi connectivity index (χ1v) is 7.94. The summed E-state index contributed by atoms with van der Waals surface area (Å²) in [5.41, 5.74) is 0.786. The Morgan fingerprint density at radius 2 is 2.18 bits per heavy atom. The van der Waals surface area contributed by atoms with Crippen molar-refractivity contribution < 1.29 is 27.7 Å². The number of nitro groups is 1. The molecule has 1 N–H and O–H groups in total. The average molecular weight is 392 g/mol. The summed E-state index contributed by atoms with van der Waals surface area (Å²) >= 11 is 0. The number of nitrogens with zero attached hydrogens (tertiary/aromatic N) is 3. The molecule has 1 aromatic carbocycles. The fourth-order valence-corrected chi connectivity index (χ4v) is 2.41. The van der Waals surface area contributed by atoms with Crippen LogP contribution in [0.1, 0.15) is 21.9 Å².